The molecule has 8 heteroatoms. The summed E-state index contributed by atoms with van der Waals surface area (Å²) in [5.74, 6) is 2.85. The number of ether oxygens (including phenoxy) is 1. The molecular weight excluding hydrogens is 537 g/mol. The minimum Gasteiger partial charge on any atom is -0.457 e. The summed E-state index contributed by atoms with van der Waals surface area (Å²) in [5, 5.41) is 0. The van der Waals surface area contributed by atoms with Gasteiger partial charge in [-0.1, -0.05) is 48.2 Å². The largest absolute Gasteiger partial charge is 0.457 e. The molecule has 0 radical (unpaired) electrons. The van der Waals surface area contributed by atoms with Crippen LogP contribution in [0.15, 0.2) is 72.9 Å². The summed E-state index contributed by atoms with van der Waals surface area (Å²) in [4.78, 5) is 24.6. The van der Waals surface area contributed by atoms with E-state index in [-0.39, 0.29) is 5.91 Å². The lowest BCUT2D eigenvalue weighted by molar-refractivity contribution is 0.0784. The molecule has 0 spiro atoms. The number of hydrogen-bond donors (Lipinski definition) is 0. The Bertz CT molecular complexity index is 1270. The number of amides is 1. The monoisotopic (exact) mass is 574 g/mol. The molecule has 1 aromatic heterocycles. The molecule has 2 aliphatic heterocycles. The van der Waals surface area contributed by atoms with Crippen LogP contribution >= 0.6 is 24.0 Å². The van der Waals surface area contributed by atoms with Crippen LogP contribution < -0.4 is 4.74 Å². The van der Waals surface area contributed by atoms with Gasteiger partial charge in [0.05, 0.1) is 0 Å². The smallest absolute Gasteiger partial charge is 0.254 e. The van der Waals surface area contributed by atoms with Crippen LogP contribution in [0.3, 0.4) is 0 Å². The number of benzene rings is 2. The van der Waals surface area contributed by atoms with Gasteiger partial charge in [-0.15, -0.1) is 0 Å². The summed E-state index contributed by atoms with van der Waals surface area (Å²) < 4.78 is 6.96. The second-order valence-corrected chi connectivity index (χ2v) is 12.3. The average molecular weight is 575 g/mol. The third-order valence-electron chi connectivity index (χ3n) is 7.68. The summed E-state index contributed by atoms with van der Waals surface area (Å²) in [6, 6.07) is 21.1. The van der Waals surface area contributed by atoms with Crippen molar-refractivity contribution in [2.75, 3.05) is 45.5 Å². The van der Waals surface area contributed by atoms with Gasteiger partial charge in [-0.3, -0.25) is 9.78 Å². The molecule has 40 heavy (non-hydrogen) atoms. The quantitative estimate of drug-likeness (QED) is 0.273. The number of thiocarbonyl (C=S) groups is 1. The highest BCUT2D eigenvalue weighted by Crippen LogP contribution is 2.29. The third kappa shape index (κ3) is 7.83. The molecule has 0 unspecified atom stereocenters. The maximum atomic E-state index is 13.2. The van der Waals surface area contributed by atoms with Crippen molar-refractivity contribution in [3.63, 3.8) is 0 Å². The molecule has 0 N–H and O–H groups in total. The molecule has 2 fully saturated rings. The predicted octanol–water partition coefficient (Wildman–Crippen LogP) is 6.44. The van der Waals surface area contributed by atoms with Gasteiger partial charge in [0.1, 0.15) is 15.8 Å². The highest BCUT2D eigenvalue weighted by Gasteiger charge is 2.24. The van der Waals surface area contributed by atoms with E-state index in [1.165, 1.54) is 25.9 Å². The van der Waals surface area contributed by atoms with Gasteiger partial charge in [-0.25, -0.2) is 0 Å². The van der Waals surface area contributed by atoms with E-state index in [4.69, 9.17) is 21.9 Å². The zero-order valence-electron chi connectivity index (χ0n) is 23.2. The first-order valence-electron chi connectivity index (χ1n) is 14.2. The Labute approximate surface area is 247 Å². The first-order valence-corrected chi connectivity index (χ1v) is 15.6. The molecule has 2 saturated heterocycles. The van der Waals surface area contributed by atoms with Crippen LogP contribution in [0.2, 0.25) is 0 Å². The van der Waals surface area contributed by atoms with Crippen molar-refractivity contribution in [3.8, 4) is 11.5 Å². The van der Waals surface area contributed by atoms with Gasteiger partial charge in [0.25, 0.3) is 5.91 Å². The number of piperidine rings is 1. The number of likely N-dealkylation sites (tertiary alicyclic amines) is 2. The number of aromatic nitrogens is 1. The molecular formula is C32H38N4O2S2. The van der Waals surface area contributed by atoms with E-state index < -0.39 is 0 Å². The molecule has 5 rings (SSSR count). The maximum Gasteiger partial charge on any atom is 0.254 e. The van der Waals surface area contributed by atoms with Crippen molar-refractivity contribution in [2.24, 2.45) is 0 Å². The molecule has 0 bridgehead atoms. The number of thioether (sulfide) groups is 1. The summed E-state index contributed by atoms with van der Waals surface area (Å²) in [7, 11) is 1.84. The molecule has 0 aliphatic carbocycles. The minimum atomic E-state index is -0.0408. The number of para-hydroxylation sites is 1. The molecule has 3 aromatic rings. The standard InChI is InChI=1S/C32H38N4O2S2/c1-34(31(37)27-8-7-11-29(23-27)38-28-9-3-2-4-10-28)24-25-12-15-33-30(22-25)26-13-18-36(19-14-26)32(39)40-21-20-35-16-5-6-17-35/h2-4,7-12,15,22-23,26H,5-6,13-14,16-21,24H2,1H3. The van der Waals surface area contributed by atoms with Gasteiger partial charge in [0, 0.05) is 62.4 Å². The Balaban J connectivity index is 1.11. The van der Waals surface area contributed by atoms with Crippen LogP contribution in [0.5, 0.6) is 11.5 Å². The summed E-state index contributed by atoms with van der Waals surface area (Å²) >= 11 is 7.59. The Morgan fingerprint density at radius 1 is 1.00 bits per heavy atom. The Hall–Kier alpha value is -2.94. The van der Waals surface area contributed by atoms with E-state index in [2.05, 4.69) is 15.9 Å². The molecule has 3 heterocycles. The number of carbonyl (C=O) groups is 1. The molecule has 210 valence electrons. The average Bonchev–Trinajstić information content (AvgIpc) is 3.51. The van der Waals surface area contributed by atoms with Crippen molar-refractivity contribution >= 4 is 34.2 Å². The third-order valence-corrected chi connectivity index (χ3v) is 9.18. The van der Waals surface area contributed by atoms with Crippen molar-refractivity contribution in [1.82, 2.24) is 19.7 Å². The van der Waals surface area contributed by atoms with E-state index in [0.717, 1.165) is 59.6 Å². The molecule has 6 nitrogen and oxygen atoms in total. The van der Waals surface area contributed by atoms with Gasteiger partial charge >= 0.3 is 0 Å². The fourth-order valence-corrected chi connectivity index (χ4v) is 6.74. The topological polar surface area (TPSA) is 48.9 Å². The lowest BCUT2D eigenvalue weighted by atomic mass is 9.92. The number of carbonyl (C=O) groups excluding carboxylic acids is 1. The Morgan fingerprint density at radius 2 is 1.75 bits per heavy atom. The van der Waals surface area contributed by atoms with E-state index >= 15 is 0 Å². The van der Waals surface area contributed by atoms with Gasteiger partial charge in [-0.2, -0.15) is 0 Å². The minimum absolute atomic E-state index is 0.0408. The van der Waals surface area contributed by atoms with Crippen LogP contribution in [-0.2, 0) is 6.54 Å². The second kappa shape index (κ2) is 14.1. The summed E-state index contributed by atoms with van der Waals surface area (Å²) in [6.07, 6.45) is 6.65. The van der Waals surface area contributed by atoms with Crippen LogP contribution in [0.4, 0.5) is 0 Å². The molecule has 0 atom stereocenters. The normalized spacial score (nSPS) is 16.2. The summed E-state index contributed by atoms with van der Waals surface area (Å²) in [5.41, 5.74) is 2.81. The number of rotatable bonds is 9. The first kappa shape index (κ1) is 28.6. The van der Waals surface area contributed by atoms with E-state index in [0.29, 0.717) is 23.8 Å². The number of hydrogen-bond acceptors (Lipinski definition) is 6. The Kier molecular flexibility index (Phi) is 10.1. The van der Waals surface area contributed by atoms with Gasteiger partial charge in [-0.05, 0) is 86.8 Å². The lowest BCUT2D eigenvalue weighted by Crippen LogP contribution is -2.36. The van der Waals surface area contributed by atoms with Crippen molar-refractivity contribution in [1.29, 1.82) is 0 Å². The van der Waals surface area contributed by atoms with E-state index in [1.807, 2.05) is 79.6 Å². The van der Waals surface area contributed by atoms with Crippen molar-refractivity contribution < 1.29 is 9.53 Å². The molecule has 2 aromatic carbocycles. The van der Waals surface area contributed by atoms with Gasteiger partial charge < -0.3 is 19.4 Å². The summed E-state index contributed by atoms with van der Waals surface area (Å²) in [6.45, 7) is 6.10. The molecule has 2 aliphatic rings. The van der Waals surface area contributed by atoms with Crippen molar-refractivity contribution in [3.05, 3.63) is 89.7 Å². The second-order valence-electron chi connectivity index (χ2n) is 10.6. The van der Waals surface area contributed by atoms with Crippen LogP contribution in [0.25, 0.3) is 0 Å². The highest BCUT2D eigenvalue weighted by molar-refractivity contribution is 8.22. The lowest BCUT2D eigenvalue weighted by Gasteiger charge is -2.33. The van der Waals surface area contributed by atoms with Gasteiger partial charge in [0.2, 0.25) is 0 Å². The van der Waals surface area contributed by atoms with Crippen LogP contribution in [-0.4, -0.2) is 75.4 Å². The van der Waals surface area contributed by atoms with Crippen molar-refractivity contribution in [2.45, 2.75) is 38.1 Å². The fraction of sp³-hybridized carbons (Fsp3) is 0.406. The zero-order chi connectivity index (χ0) is 27.7. The molecule has 0 saturated carbocycles. The van der Waals surface area contributed by atoms with E-state index in [9.17, 15) is 4.79 Å². The van der Waals surface area contributed by atoms with E-state index in [1.54, 1.807) is 11.0 Å². The highest BCUT2D eigenvalue weighted by atomic mass is 32.2. The SMILES string of the molecule is CN(Cc1ccnc(C2CCN(C(=S)SCCN3CCCC3)CC2)c1)C(=O)c1cccc(Oc2ccccc2)c1. The number of pyridine rings is 1. The first-order chi connectivity index (χ1) is 19.5. The fourth-order valence-electron chi connectivity index (χ4n) is 5.42. The Morgan fingerprint density at radius 3 is 2.52 bits per heavy atom. The van der Waals surface area contributed by atoms with Crippen LogP contribution in [0, 0.1) is 0 Å². The maximum absolute atomic E-state index is 13.2. The predicted molar refractivity (Wildman–Crippen MR) is 167 cm³/mol. The van der Waals surface area contributed by atoms with Crippen LogP contribution in [0.1, 0.15) is 53.2 Å². The van der Waals surface area contributed by atoms with Gasteiger partial charge in [0.15, 0.2) is 0 Å². The zero-order valence-corrected chi connectivity index (χ0v) is 24.8. The molecule has 1 amide bonds. The number of nitrogens with zero attached hydrogens (tertiary/aromatic N) is 4.